The van der Waals surface area contributed by atoms with Crippen molar-refractivity contribution in [1.29, 1.82) is 0 Å². The van der Waals surface area contributed by atoms with Gasteiger partial charge in [0.15, 0.2) is 0 Å². The largest absolute Gasteiger partial charge is 0.497 e. The van der Waals surface area contributed by atoms with Gasteiger partial charge in [-0.2, -0.15) is 0 Å². The van der Waals surface area contributed by atoms with Crippen LogP contribution in [0.1, 0.15) is 18.4 Å². The summed E-state index contributed by atoms with van der Waals surface area (Å²) in [6, 6.07) is 7.97. The number of rotatable bonds is 3. The minimum Gasteiger partial charge on any atom is -0.497 e. The van der Waals surface area contributed by atoms with Gasteiger partial charge in [-0.25, -0.2) is 0 Å². The zero-order valence-electron chi connectivity index (χ0n) is 10.5. The monoisotopic (exact) mass is 291 g/mol. The summed E-state index contributed by atoms with van der Waals surface area (Å²) in [5.74, 6) is 0.857. The summed E-state index contributed by atoms with van der Waals surface area (Å²) in [6.45, 7) is 0. The molecule has 98 valence electrons. The summed E-state index contributed by atoms with van der Waals surface area (Å²) in [4.78, 5) is 14.7. The van der Waals surface area contributed by atoms with E-state index in [0.717, 1.165) is 24.2 Å². The Labute approximate surface area is 121 Å². The Bertz CT molecular complexity index is 561. The lowest BCUT2D eigenvalue weighted by Gasteiger charge is -2.11. The van der Waals surface area contributed by atoms with Crippen LogP contribution in [0, 0.1) is 0 Å². The number of hydrogen-bond acceptors (Lipinski definition) is 4. The molecule has 0 aromatic heterocycles. The van der Waals surface area contributed by atoms with Gasteiger partial charge in [0.25, 0.3) is 5.91 Å². The molecule has 0 radical (unpaired) electrons. The summed E-state index contributed by atoms with van der Waals surface area (Å²) >= 11 is 6.67. The minimum absolute atomic E-state index is 0.0494. The second kappa shape index (κ2) is 4.98. The predicted molar refractivity (Wildman–Crippen MR) is 81.0 cm³/mol. The van der Waals surface area contributed by atoms with Crippen LogP contribution in [0.15, 0.2) is 29.2 Å². The third-order valence-corrected chi connectivity index (χ3v) is 4.48. The molecule has 19 heavy (non-hydrogen) atoms. The van der Waals surface area contributed by atoms with Gasteiger partial charge in [-0.15, -0.1) is 0 Å². The fourth-order valence-electron chi connectivity index (χ4n) is 1.98. The molecule has 1 heterocycles. The Balaban J connectivity index is 1.83. The number of carbonyl (C=O) groups is 1. The molecule has 0 unspecified atom stereocenters. The average Bonchev–Trinajstić information content (AvgIpc) is 3.19. The number of benzene rings is 1. The molecule has 1 aliphatic heterocycles. The Morgan fingerprint density at radius 1 is 1.37 bits per heavy atom. The highest BCUT2D eigenvalue weighted by molar-refractivity contribution is 8.26. The summed E-state index contributed by atoms with van der Waals surface area (Å²) in [7, 11) is 1.63. The Morgan fingerprint density at radius 2 is 2.05 bits per heavy atom. The molecule has 1 aliphatic carbocycles. The van der Waals surface area contributed by atoms with Gasteiger partial charge < -0.3 is 4.74 Å². The fourth-order valence-corrected chi connectivity index (χ4v) is 3.38. The van der Waals surface area contributed by atoms with Gasteiger partial charge in [0.2, 0.25) is 0 Å². The molecule has 1 amide bonds. The number of carbonyl (C=O) groups excluding carboxylic acids is 1. The summed E-state index contributed by atoms with van der Waals surface area (Å²) in [6.07, 6.45) is 4.03. The molecule has 0 bridgehead atoms. The smallest absolute Gasteiger partial charge is 0.266 e. The van der Waals surface area contributed by atoms with Crippen molar-refractivity contribution in [2.24, 2.45) is 0 Å². The second-order valence-corrected chi connectivity index (χ2v) is 6.23. The van der Waals surface area contributed by atoms with Crippen LogP contribution in [-0.2, 0) is 4.79 Å². The van der Waals surface area contributed by atoms with Crippen molar-refractivity contribution >= 4 is 40.3 Å². The molecule has 0 spiro atoms. The Morgan fingerprint density at radius 3 is 2.63 bits per heavy atom. The molecule has 2 fully saturated rings. The van der Waals surface area contributed by atoms with Crippen molar-refractivity contribution in [2.75, 3.05) is 7.11 Å². The van der Waals surface area contributed by atoms with Gasteiger partial charge in [0, 0.05) is 6.04 Å². The molecule has 1 saturated heterocycles. The maximum absolute atomic E-state index is 12.2. The highest BCUT2D eigenvalue weighted by Gasteiger charge is 2.41. The Kier molecular flexibility index (Phi) is 3.33. The second-order valence-electron chi connectivity index (χ2n) is 4.56. The van der Waals surface area contributed by atoms with E-state index >= 15 is 0 Å². The lowest BCUT2D eigenvalue weighted by Crippen LogP contribution is -2.30. The zero-order chi connectivity index (χ0) is 13.4. The SMILES string of the molecule is COc1ccc(/C=C2/SC(=S)N(C3CC3)C2=O)cc1. The lowest BCUT2D eigenvalue weighted by molar-refractivity contribution is -0.122. The molecule has 1 saturated carbocycles. The van der Waals surface area contributed by atoms with Gasteiger partial charge in [0.05, 0.1) is 12.0 Å². The lowest BCUT2D eigenvalue weighted by atomic mass is 10.2. The van der Waals surface area contributed by atoms with Crippen LogP contribution in [0.4, 0.5) is 0 Å². The van der Waals surface area contributed by atoms with E-state index in [2.05, 4.69) is 0 Å². The number of hydrogen-bond donors (Lipinski definition) is 0. The minimum atomic E-state index is 0.0494. The molecular formula is C14H13NO2S2. The molecule has 0 N–H and O–H groups in total. The van der Waals surface area contributed by atoms with Crippen molar-refractivity contribution in [3.05, 3.63) is 34.7 Å². The number of thiocarbonyl (C=S) groups is 1. The molecule has 3 nitrogen and oxygen atoms in total. The van der Waals surface area contributed by atoms with Gasteiger partial charge in [-0.1, -0.05) is 36.1 Å². The highest BCUT2D eigenvalue weighted by atomic mass is 32.2. The Hall–Kier alpha value is -1.33. The number of nitrogens with zero attached hydrogens (tertiary/aromatic N) is 1. The van der Waals surface area contributed by atoms with E-state index in [-0.39, 0.29) is 5.91 Å². The standard InChI is InChI=1S/C14H13NO2S2/c1-17-11-6-2-9(3-7-11)8-12-13(16)15(10-4-5-10)14(18)19-12/h2-3,6-8,10H,4-5H2,1H3/b12-8+. The van der Waals surface area contributed by atoms with E-state index in [1.54, 1.807) is 12.0 Å². The fraction of sp³-hybridized carbons (Fsp3) is 0.286. The maximum atomic E-state index is 12.2. The van der Waals surface area contributed by atoms with E-state index < -0.39 is 0 Å². The number of methoxy groups -OCH3 is 1. The van der Waals surface area contributed by atoms with Gasteiger partial charge in [-0.05, 0) is 36.6 Å². The molecule has 1 aromatic carbocycles. The van der Waals surface area contributed by atoms with E-state index in [4.69, 9.17) is 17.0 Å². The third kappa shape index (κ3) is 2.53. The molecular weight excluding hydrogens is 278 g/mol. The maximum Gasteiger partial charge on any atom is 0.266 e. The van der Waals surface area contributed by atoms with Crippen molar-refractivity contribution in [1.82, 2.24) is 4.90 Å². The van der Waals surface area contributed by atoms with Crippen LogP contribution < -0.4 is 4.74 Å². The summed E-state index contributed by atoms with van der Waals surface area (Å²) in [5.41, 5.74) is 0.983. The molecule has 2 aliphatic rings. The van der Waals surface area contributed by atoms with Gasteiger partial charge in [-0.3, -0.25) is 9.69 Å². The predicted octanol–water partition coefficient (Wildman–Crippen LogP) is 3.06. The van der Waals surface area contributed by atoms with Gasteiger partial charge >= 0.3 is 0 Å². The molecule has 0 atom stereocenters. The zero-order valence-corrected chi connectivity index (χ0v) is 12.1. The third-order valence-electron chi connectivity index (χ3n) is 3.15. The van der Waals surface area contributed by atoms with Crippen molar-refractivity contribution in [3.8, 4) is 5.75 Å². The first-order valence-corrected chi connectivity index (χ1v) is 7.32. The van der Waals surface area contributed by atoms with Crippen LogP contribution in [0.3, 0.4) is 0 Å². The number of ether oxygens (including phenoxy) is 1. The first kappa shape index (κ1) is 12.7. The van der Waals surface area contributed by atoms with Crippen LogP contribution in [-0.4, -0.2) is 28.3 Å². The van der Waals surface area contributed by atoms with Crippen LogP contribution in [0.25, 0.3) is 6.08 Å². The molecule has 3 rings (SSSR count). The van der Waals surface area contributed by atoms with Crippen molar-refractivity contribution < 1.29 is 9.53 Å². The van der Waals surface area contributed by atoms with Crippen molar-refractivity contribution in [3.63, 3.8) is 0 Å². The van der Waals surface area contributed by atoms with E-state index in [9.17, 15) is 4.79 Å². The number of amides is 1. The quantitative estimate of drug-likeness (QED) is 0.632. The van der Waals surface area contributed by atoms with Crippen molar-refractivity contribution in [2.45, 2.75) is 18.9 Å². The summed E-state index contributed by atoms with van der Waals surface area (Å²) < 4.78 is 5.80. The van der Waals surface area contributed by atoms with E-state index in [1.807, 2.05) is 30.3 Å². The first-order chi connectivity index (χ1) is 9.19. The van der Waals surface area contributed by atoms with E-state index in [0.29, 0.717) is 15.3 Å². The topological polar surface area (TPSA) is 29.5 Å². The summed E-state index contributed by atoms with van der Waals surface area (Å²) in [5, 5.41) is 0. The highest BCUT2D eigenvalue weighted by Crippen LogP contribution is 2.40. The van der Waals surface area contributed by atoms with Crippen LogP contribution >= 0.6 is 24.0 Å². The average molecular weight is 291 g/mol. The van der Waals surface area contributed by atoms with Crippen LogP contribution in [0.5, 0.6) is 5.75 Å². The van der Waals surface area contributed by atoms with E-state index in [1.165, 1.54) is 11.8 Å². The van der Waals surface area contributed by atoms with Gasteiger partial charge in [0.1, 0.15) is 10.1 Å². The van der Waals surface area contributed by atoms with Crippen LogP contribution in [0.2, 0.25) is 0 Å². The number of thioether (sulfide) groups is 1. The molecule has 1 aromatic rings. The normalized spacial score (nSPS) is 21.3. The molecule has 5 heteroatoms. The first-order valence-electron chi connectivity index (χ1n) is 6.10.